The van der Waals surface area contributed by atoms with Crippen LogP contribution in [0.2, 0.25) is 0 Å². The monoisotopic (exact) mass is 294 g/mol. The number of nitriles is 1. The summed E-state index contributed by atoms with van der Waals surface area (Å²) in [5, 5.41) is 12.3. The summed E-state index contributed by atoms with van der Waals surface area (Å²) < 4.78 is 1.10. The largest absolute Gasteiger partial charge is 0.385 e. The molecule has 1 aromatic carbocycles. The van der Waals surface area contributed by atoms with Crippen LogP contribution in [0.25, 0.3) is 0 Å². The molecular weight excluding hydrogens is 276 g/mol. The minimum atomic E-state index is -0.212. The lowest BCUT2D eigenvalue weighted by Crippen LogP contribution is -2.11. The van der Waals surface area contributed by atoms with E-state index < -0.39 is 0 Å². The Morgan fingerprint density at radius 1 is 1.41 bits per heavy atom. The summed E-state index contributed by atoms with van der Waals surface area (Å²) in [6.45, 7) is 6.97. The number of hydrogen-bond donors (Lipinski definition) is 1. The standard InChI is InChI=1S/C14H19BrN2/c1-11-9-12(15)5-6-13(11)17-8-4-7-14(2,3)10-16/h5-6,9,17H,4,7-8H2,1-3H3. The number of halogens is 1. The smallest absolute Gasteiger partial charge is 0.0683 e. The first kappa shape index (κ1) is 14.1. The molecule has 1 N–H and O–H groups in total. The minimum Gasteiger partial charge on any atom is -0.385 e. The van der Waals surface area contributed by atoms with Crippen molar-refractivity contribution in [3.8, 4) is 6.07 Å². The summed E-state index contributed by atoms with van der Waals surface area (Å²) in [6.07, 6.45) is 1.93. The van der Waals surface area contributed by atoms with Gasteiger partial charge in [-0.05, 0) is 57.4 Å². The van der Waals surface area contributed by atoms with Gasteiger partial charge in [0.1, 0.15) is 0 Å². The summed E-state index contributed by atoms with van der Waals surface area (Å²) in [6, 6.07) is 8.54. The Kier molecular flexibility index (Phi) is 5.02. The fraction of sp³-hybridized carbons (Fsp3) is 0.500. The highest BCUT2D eigenvalue weighted by Crippen LogP contribution is 2.22. The van der Waals surface area contributed by atoms with Crippen LogP contribution in [0.4, 0.5) is 5.69 Å². The molecule has 0 saturated heterocycles. The number of benzene rings is 1. The quantitative estimate of drug-likeness (QED) is 0.812. The zero-order chi connectivity index (χ0) is 12.9. The topological polar surface area (TPSA) is 35.8 Å². The average Bonchev–Trinajstić information content (AvgIpc) is 2.27. The van der Waals surface area contributed by atoms with Gasteiger partial charge in [0.2, 0.25) is 0 Å². The predicted octanol–water partition coefficient (Wildman–Crippen LogP) is 4.50. The third kappa shape index (κ3) is 4.79. The van der Waals surface area contributed by atoms with E-state index in [0.29, 0.717) is 0 Å². The highest BCUT2D eigenvalue weighted by Gasteiger charge is 2.15. The number of nitrogens with one attached hydrogen (secondary N) is 1. The number of rotatable bonds is 5. The van der Waals surface area contributed by atoms with E-state index in [2.05, 4.69) is 46.4 Å². The molecule has 0 saturated carbocycles. The van der Waals surface area contributed by atoms with E-state index in [4.69, 9.17) is 5.26 Å². The number of hydrogen-bond acceptors (Lipinski definition) is 2. The van der Waals surface area contributed by atoms with E-state index in [1.54, 1.807) is 0 Å². The van der Waals surface area contributed by atoms with Gasteiger partial charge >= 0.3 is 0 Å². The van der Waals surface area contributed by atoms with E-state index in [0.717, 1.165) is 23.9 Å². The second kappa shape index (κ2) is 6.07. The highest BCUT2D eigenvalue weighted by atomic mass is 79.9. The van der Waals surface area contributed by atoms with E-state index in [9.17, 15) is 0 Å². The van der Waals surface area contributed by atoms with Gasteiger partial charge in [-0.25, -0.2) is 0 Å². The van der Waals surface area contributed by atoms with Crippen LogP contribution in [-0.2, 0) is 0 Å². The molecule has 0 amide bonds. The summed E-state index contributed by atoms with van der Waals surface area (Å²) >= 11 is 3.45. The number of nitrogens with zero attached hydrogens (tertiary/aromatic N) is 1. The fourth-order valence-corrected chi connectivity index (χ4v) is 2.11. The van der Waals surface area contributed by atoms with Crippen molar-refractivity contribution in [2.75, 3.05) is 11.9 Å². The van der Waals surface area contributed by atoms with Crippen LogP contribution in [0.1, 0.15) is 32.3 Å². The van der Waals surface area contributed by atoms with Gasteiger partial charge in [0, 0.05) is 16.7 Å². The van der Waals surface area contributed by atoms with Crippen LogP contribution in [0.5, 0.6) is 0 Å². The normalized spacial score (nSPS) is 11.0. The van der Waals surface area contributed by atoms with Gasteiger partial charge in [0.15, 0.2) is 0 Å². The number of aryl methyl sites for hydroxylation is 1. The minimum absolute atomic E-state index is 0.212. The van der Waals surface area contributed by atoms with Crippen LogP contribution >= 0.6 is 15.9 Å². The van der Waals surface area contributed by atoms with E-state index in [-0.39, 0.29) is 5.41 Å². The molecule has 0 aliphatic rings. The molecule has 0 spiro atoms. The Balaban J connectivity index is 2.39. The third-order valence-corrected chi connectivity index (χ3v) is 3.28. The summed E-state index contributed by atoms with van der Waals surface area (Å²) in [5.41, 5.74) is 2.19. The molecule has 0 aromatic heterocycles. The van der Waals surface area contributed by atoms with Crippen LogP contribution in [-0.4, -0.2) is 6.54 Å². The Labute approximate surface area is 112 Å². The molecule has 1 aromatic rings. The van der Waals surface area contributed by atoms with Crippen molar-refractivity contribution in [2.45, 2.75) is 33.6 Å². The van der Waals surface area contributed by atoms with Crippen molar-refractivity contribution in [3.63, 3.8) is 0 Å². The highest BCUT2D eigenvalue weighted by molar-refractivity contribution is 9.10. The van der Waals surface area contributed by atoms with Crippen molar-refractivity contribution in [2.24, 2.45) is 5.41 Å². The fourth-order valence-electron chi connectivity index (χ4n) is 1.63. The van der Waals surface area contributed by atoms with Crippen LogP contribution in [0, 0.1) is 23.7 Å². The first-order valence-electron chi connectivity index (χ1n) is 5.86. The molecule has 1 rings (SSSR count). The molecule has 0 fully saturated rings. The summed E-state index contributed by atoms with van der Waals surface area (Å²) in [7, 11) is 0. The maximum Gasteiger partial charge on any atom is 0.0683 e. The SMILES string of the molecule is Cc1cc(Br)ccc1NCCCC(C)(C)C#N. The summed E-state index contributed by atoms with van der Waals surface area (Å²) in [4.78, 5) is 0. The van der Waals surface area contributed by atoms with E-state index >= 15 is 0 Å². The van der Waals surface area contributed by atoms with Gasteiger partial charge in [-0.2, -0.15) is 5.26 Å². The molecule has 0 unspecified atom stereocenters. The van der Waals surface area contributed by atoms with Crippen molar-refractivity contribution >= 4 is 21.6 Å². The lowest BCUT2D eigenvalue weighted by atomic mass is 9.90. The maximum atomic E-state index is 8.91. The maximum absolute atomic E-state index is 8.91. The average molecular weight is 295 g/mol. The third-order valence-electron chi connectivity index (χ3n) is 2.79. The van der Waals surface area contributed by atoms with Crippen LogP contribution < -0.4 is 5.32 Å². The second-order valence-corrected chi connectivity index (χ2v) is 5.90. The molecule has 0 radical (unpaired) electrons. The van der Waals surface area contributed by atoms with Gasteiger partial charge < -0.3 is 5.32 Å². The molecule has 2 nitrogen and oxygen atoms in total. The van der Waals surface area contributed by atoms with Gasteiger partial charge in [-0.3, -0.25) is 0 Å². The van der Waals surface area contributed by atoms with Gasteiger partial charge in [-0.15, -0.1) is 0 Å². The van der Waals surface area contributed by atoms with Crippen molar-refractivity contribution in [1.29, 1.82) is 5.26 Å². The molecular formula is C14H19BrN2. The number of anilines is 1. The van der Waals surface area contributed by atoms with E-state index in [1.807, 2.05) is 19.9 Å². The molecule has 0 bridgehead atoms. The van der Waals surface area contributed by atoms with Gasteiger partial charge in [0.25, 0.3) is 0 Å². The van der Waals surface area contributed by atoms with Crippen molar-refractivity contribution in [1.82, 2.24) is 0 Å². The molecule has 3 heteroatoms. The molecule has 92 valence electrons. The molecule has 0 atom stereocenters. The van der Waals surface area contributed by atoms with Gasteiger partial charge in [0.05, 0.1) is 11.5 Å². The summed E-state index contributed by atoms with van der Waals surface area (Å²) in [5.74, 6) is 0. The van der Waals surface area contributed by atoms with E-state index in [1.165, 1.54) is 11.3 Å². The second-order valence-electron chi connectivity index (χ2n) is 4.99. The molecule has 0 aliphatic heterocycles. The van der Waals surface area contributed by atoms with Gasteiger partial charge in [-0.1, -0.05) is 15.9 Å². The van der Waals surface area contributed by atoms with Crippen molar-refractivity contribution in [3.05, 3.63) is 28.2 Å². The van der Waals surface area contributed by atoms with Crippen LogP contribution in [0.15, 0.2) is 22.7 Å². The van der Waals surface area contributed by atoms with Crippen LogP contribution in [0.3, 0.4) is 0 Å². The Morgan fingerprint density at radius 3 is 2.71 bits per heavy atom. The Hall–Kier alpha value is -1.01. The zero-order valence-electron chi connectivity index (χ0n) is 10.7. The first-order valence-corrected chi connectivity index (χ1v) is 6.65. The Bertz CT molecular complexity index is 419. The molecule has 17 heavy (non-hydrogen) atoms. The molecule has 0 heterocycles. The Morgan fingerprint density at radius 2 is 2.12 bits per heavy atom. The van der Waals surface area contributed by atoms with Crippen molar-refractivity contribution < 1.29 is 0 Å². The zero-order valence-corrected chi connectivity index (χ0v) is 12.3. The molecule has 0 aliphatic carbocycles. The predicted molar refractivity (Wildman–Crippen MR) is 76.0 cm³/mol. The lowest BCUT2D eigenvalue weighted by molar-refractivity contribution is 0.441. The first-order chi connectivity index (χ1) is 7.94. The lowest BCUT2D eigenvalue weighted by Gasteiger charge is -2.15.